The molecule has 74 valence electrons. The minimum absolute atomic E-state index is 0.0799. The van der Waals surface area contributed by atoms with Crippen molar-refractivity contribution in [3.63, 3.8) is 0 Å². The largest absolute Gasteiger partial charge is 0.106 e. The molecule has 0 aromatic carbocycles. The van der Waals surface area contributed by atoms with E-state index in [0.29, 0.717) is 0 Å². The molecule has 0 radical (unpaired) electrons. The maximum atomic E-state index is 3.09. The van der Waals surface area contributed by atoms with E-state index >= 15 is 0 Å². The van der Waals surface area contributed by atoms with E-state index in [1.54, 1.807) is 0 Å². The Bertz CT molecular complexity index is 107. The predicted octanol–water partition coefficient (Wildman–Crippen LogP) is 5.16. The highest BCUT2D eigenvalue weighted by Crippen LogP contribution is 2.95. The fourth-order valence-electron chi connectivity index (χ4n) is 0.872. The van der Waals surface area contributed by atoms with E-state index in [1.165, 1.54) is 12.8 Å². The summed E-state index contributed by atoms with van der Waals surface area (Å²) < 4.78 is 0. The first-order valence-corrected chi connectivity index (χ1v) is 17.3. The van der Waals surface area contributed by atoms with Gasteiger partial charge in [0, 0.05) is 0 Å². The van der Waals surface area contributed by atoms with Crippen molar-refractivity contribution >= 4 is 66.2 Å². The number of rotatable bonds is 6. The van der Waals surface area contributed by atoms with Crippen LogP contribution in [0.3, 0.4) is 0 Å². The summed E-state index contributed by atoms with van der Waals surface area (Å²) in [5, 5.41) is 0.937. The Morgan fingerprint density at radius 2 is 2.08 bits per heavy atom. The fourth-order valence-corrected chi connectivity index (χ4v) is 44.6. The highest BCUT2D eigenvalue weighted by Gasteiger charge is 2.28. The van der Waals surface area contributed by atoms with Crippen LogP contribution in [0.1, 0.15) is 19.8 Å². The van der Waals surface area contributed by atoms with Gasteiger partial charge < -0.3 is 0 Å². The second kappa shape index (κ2) is 9.65. The standard InChI is InChI=1S/C4H18P8/c1-2-3-4(5)11(9-6)12(8)10-7/h4,9-10H,2-3,5-8H2,1H3/p+1. The first-order valence-electron chi connectivity index (χ1n) is 3.77. The molecule has 0 heterocycles. The summed E-state index contributed by atoms with van der Waals surface area (Å²) in [5.41, 5.74) is 0. The zero-order valence-electron chi connectivity index (χ0n) is 7.25. The van der Waals surface area contributed by atoms with Gasteiger partial charge in [0.05, 0.1) is 27.6 Å². The topological polar surface area (TPSA) is 0 Å². The van der Waals surface area contributed by atoms with Crippen molar-refractivity contribution in [2.24, 2.45) is 0 Å². The van der Waals surface area contributed by atoms with Gasteiger partial charge in [0.25, 0.3) is 0 Å². The van der Waals surface area contributed by atoms with Crippen molar-refractivity contribution in [3.8, 4) is 0 Å². The Kier molecular flexibility index (Phi) is 12.4. The van der Waals surface area contributed by atoms with Crippen molar-refractivity contribution < 1.29 is 0 Å². The summed E-state index contributed by atoms with van der Waals surface area (Å²) in [4.78, 5) is 0. The molecule has 0 N–H and O–H groups in total. The van der Waals surface area contributed by atoms with Crippen LogP contribution in [-0.4, -0.2) is 5.40 Å². The van der Waals surface area contributed by atoms with Gasteiger partial charge in [-0.2, -0.15) is 0 Å². The maximum absolute atomic E-state index is 3.09. The van der Waals surface area contributed by atoms with Crippen LogP contribution in [0.15, 0.2) is 0 Å². The lowest BCUT2D eigenvalue weighted by Crippen LogP contribution is -1.87. The van der Waals surface area contributed by atoms with Crippen LogP contribution in [0.2, 0.25) is 0 Å². The average molecular weight is 315 g/mol. The summed E-state index contributed by atoms with van der Waals surface area (Å²) in [6.45, 7) is 2.58. The molecule has 0 aliphatic rings. The maximum Gasteiger partial charge on any atom is 0.0962 e. The van der Waals surface area contributed by atoms with E-state index in [1.807, 2.05) is 0 Å². The van der Waals surface area contributed by atoms with Gasteiger partial charge >= 0.3 is 0 Å². The van der Waals surface area contributed by atoms with Gasteiger partial charge in [-0.05, 0) is 14.4 Å². The zero-order valence-corrected chi connectivity index (χ0v) is 15.8. The molecule has 0 saturated carbocycles. The molecule has 8 heteroatoms. The molecular weight excluding hydrogens is 296 g/mol. The second-order valence-corrected chi connectivity index (χ2v) is 26.5. The summed E-state index contributed by atoms with van der Waals surface area (Å²) in [6, 6.07) is 0. The Labute approximate surface area is 91.4 Å². The van der Waals surface area contributed by atoms with Crippen molar-refractivity contribution in [2.75, 3.05) is 0 Å². The van der Waals surface area contributed by atoms with E-state index in [4.69, 9.17) is 0 Å². The zero-order chi connectivity index (χ0) is 9.56. The second-order valence-electron chi connectivity index (χ2n) is 2.42. The molecule has 0 aliphatic heterocycles. The predicted molar refractivity (Wildman–Crippen MR) is 89.4 cm³/mol. The minimum Gasteiger partial charge on any atom is -0.106 e. The quantitative estimate of drug-likeness (QED) is 0.594. The van der Waals surface area contributed by atoms with Gasteiger partial charge in [0.15, 0.2) is 0 Å². The summed E-state index contributed by atoms with van der Waals surface area (Å²) in [7, 11) is 14.2. The van der Waals surface area contributed by atoms with Crippen molar-refractivity contribution in [1.82, 2.24) is 0 Å². The molecular formula is C4H19P8+. The molecule has 0 saturated heterocycles. The molecule has 12 heavy (non-hydrogen) atoms. The lowest BCUT2D eigenvalue weighted by Gasteiger charge is -2.19. The number of hydrogen-bond donors (Lipinski definition) is 0. The van der Waals surface area contributed by atoms with E-state index in [2.05, 4.69) is 42.9 Å². The molecule has 0 aromatic heterocycles. The van der Waals surface area contributed by atoms with E-state index in [0.717, 1.165) is 21.3 Å². The monoisotopic (exact) mass is 315 g/mol. The molecule has 9 atom stereocenters. The molecule has 0 spiro atoms. The third-order valence-corrected chi connectivity index (χ3v) is 39.5. The van der Waals surface area contributed by atoms with E-state index < -0.39 is 0 Å². The van der Waals surface area contributed by atoms with Crippen LogP contribution in [0, 0.1) is 0 Å². The van der Waals surface area contributed by atoms with Crippen LogP contribution >= 0.6 is 66.2 Å². The summed E-state index contributed by atoms with van der Waals surface area (Å²) in [5.74, 6) is 0. The minimum atomic E-state index is -0.0799. The van der Waals surface area contributed by atoms with Crippen molar-refractivity contribution in [1.29, 1.82) is 0 Å². The van der Waals surface area contributed by atoms with Gasteiger partial charge in [0.1, 0.15) is 0 Å². The molecule has 0 bridgehead atoms. The fraction of sp³-hybridized carbons (Fsp3) is 1.00. The third-order valence-electron chi connectivity index (χ3n) is 1.50. The summed E-state index contributed by atoms with van der Waals surface area (Å²) >= 11 is 0. The molecule has 9 unspecified atom stereocenters. The van der Waals surface area contributed by atoms with Gasteiger partial charge in [-0.3, -0.25) is 0 Å². The molecule has 0 amide bonds. The van der Waals surface area contributed by atoms with Crippen molar-refractivity contribution in [2.45, 2.75) is 25.2 Å². The Morgan fingerprint density at radius 3 is 2.42 bits per heavy atom. The molecule has 0 aromatic rings. The normalized spacial score (nSPS) is 20.8. The Hall–Kier alpha value is 3.44. The van der Waals surface area contributed by atoms with E-state index in [9.17, 15) is 0 Å². The van der Waals surface area contributed by atoms with Gasteiger partial charge in [-0.25, -0.2) is 0 Å². The first kappa shape index (κ1) is 15.4. The molecule has 0 rings (SSSR count). The summed E-state index contributed by atoms with van der Waals surface area (Å²) in [6.07, 6.45) is 2.74. The SMILES string of the molecule is CCCC(P)[PH+](PP)P(P)PP. The smallest absolute Gasteiger partial charge is 0.0962 e. The highest BCUT2D eigenvalue weighted by atomic mass is 33.0. The Morgan fingerprint density at radius 1 is 1.50 bits per heavy atom. The average Bonchev–Trinajstić information content (AvgIpc) is 2.06. The molecule has 0 aliphatic carbocycles. The highest BCUT2D eigenvalue weighted by molar-refractivity contribution is 8.94. The van der Waals surface area contributed by atoms with Crippen LogP contribution < -0.4 is 0 Å². The van der Waals surface area contributed by atoms with Gasteiger partial charge in [-0.15, -0.1) is 8.93 Å². The molecule has 0 fully saturated rings. The van der Waals surface area contributed by atoms with Crippen molar-refractivity contribution in [3.05, 3.63) is 0 Å². The lowest BCUT2D eigenvalue weighted by atomic mass is 10.4. The van der Waals surface area contributed by atoms with Gasteiger partial charge in [0.2, 0.25) is 0 Å². The first-order chi connectivity index (χ1) is 5.67. The molecule has 0 nitrogen and oxygen atoms in total. The van der Waals surface area contributed by atoms with Gasteiger partial charge in [-0.1, -0.05) is 40.4 Å². The Balaban J connectivity index is 3.94. The third kappa shape index (κ3) is 6.12. The van der Waals surface area contributed by atoms with Crippen LogP contribution in [0.5, 0.6) is 0 Å². The van der Waals surface area contributed by atoms with E-state index in [-0.39, 0.29) is 14.3 Å². The van der Waals surface area contributed by atoms with Crippen LogP contribution in [0.25, 0.3) is 0 Å². The number of hydrogen-bond acceptors (Lipinski definition) is 0. The van der Waals surface area contributed by atoms with Crippen LogP contribution in [0.4, 0.5) is 0 Å². The van der Waals surface area contributed by atoms with Crippen LogP contribution in [-0.2, 0) is 0 Å². The lowest BCUT2D eigenvalue weighted by molar-refractivity contribution is 0.869.